The smallest absolute Gasteiger partial charge is 0.00606 e. The first-order valence-electron chi connectivity index (χ1n) is 23.5. The molecule has 2 aromatic rings. The molecule has 0 saturated heterocycles. The first-order chi connectivity index (χ1) is 26.1. The summed E-state index contributed by atoms with van der Waals surface area (Å²) in [6, 6.07) is 11.1. The molecule has 0 bridgehead atoms. The molecule has 2 aromatic carbocycles. The summed E-state index contributed by atoms with van der Waals surface area (Å²) in [6.45, 7) is 75.1. The van der Waals surface area contributed by atoms with Crippen molar-refractivity contribution in [1.29, 1.82) is 0 Å². The molecule has 4 heteroatoms. The highest BCUT2D eigenvalue weighted by Crippen LogP contribution is 2.67. The Kier molecular flexibility index (Phi) is 17.3. The maximum Gasteiger partial charge on any atom is -0.00606 e. The number of hydrogen-bond acceptors (Lipinski definition) is 0. The molecule has 0 radical (unpaired) electrons. The van der Waals surface area contributed by atoms with Gasteiger partial charge in [-0.3, -0.25) is 0 Å². The Morgan fingerprint density at radius 3 is 0.533 bits per heavy atom. The second-order valence-electron chi connectivity index (χ2n) is 28.5. The third-order valence-electron chi connectivity index (χ3n) is 12.4. The van der Waals surface area contributed by atoms with Gasteiger partial charge in [-0.05, 0) is 121 Å². The molecule has 2 rings (SSSR count). The molecule has 0 spiro atoms. The molecule has 0 unspecified atom stereocenters. The van der Waals surface area contributed by atoms with Crippen LogP contribution < -0.4 is 0 Å². The molecular formula is C56H102P4. The molecule has 0 fully saturated rings. The van der Waals surface area contributed by atoms with Crippen molar-refractivity contribution in [2.75, 3.05) is 0 Å². The molecular weight excluding hydrogens is 797 g/mol. The summed E-state index contributed by atoms with van der Waals surface area (Å²) in [7, 11) is -1.30. The predicted octanol–water partition coefficient (Wildman–Crippen LogP) is 20.3. The maximum absolute atomic E-state index is 2.78. The quantitative estimate of drug-likeness (QED) is 0.220. The minimum Gasteiger partial charge on any atom is -0.0911 e. The van der Waals surface area contributed by atoms with E-state index in [4.69, 9.17) is 0 Å². The summed E-state index contributed by atoms with van der Waals surface area (Å²) in [6.07, 6.45) is 4.70. The molecule has 0 saturated carbocycles. The highest BCUT2D eigenvalue weighted by Gasteiger charge is 2.41. The second kappa shape index (κ2) is 18.4. The van der Waals surface area contributed by atoms with E-state index < -0.39 is 0 Å². The summed E-state index contributed by atoms with van der Waals surface area (Å²) in [5.74, 6) is 0. The minimum absolute atomic E-state index is 0.0160. The Bertz CT molecular complexity index is 1550. The van der Waals surface area contributed by atoms with Gasteiger partial charge in [0.1, 0.15) is 0 Å². The van der Waals surface area contributed by atoms with E-state index in [0.717, 1.165) is 0 Å². The lowest BCUT2D eigenvalue weighted by atomic mass is 9.75. The van der Waals surface area contributed by atoms with Crippen LogP contribution in [0.1, 0.15) is 241 Å². The van der Waals surface area contributed by atoms with Gasteiger partial charge in [0, 0.05) is 0 Å². The number of hydrogen-bond donors (Lipinski definition) is 0. The van der Waals surface area contributed by atoms with Crippen LogP contribution in [0.15, 0.2) is 24.3 Å². The van der Waals surface area contributed by atoms with E-state index >= 15 is 0 Å². The Labute approximate surface area is 383 Å². The van der Waals surface area contributed by atoms with Gasteiger partial charge in [-0.15, -0.1) is 0 Å². The predicted molar refractivity (Wildman–Crippen MR) is 290 cm³/mol. The lowest BCUT2D eigenvalue weighted by Crippen LogP contribution is -2.28. The molecule has 0 aliphatic rings. The van der Waals surface area contributed by atoms with Crippen LogP contribution in [0.4, 0.5) is 0 Å². The Morgan fingerprint density at radius 1 is 0.250 bits per heavy atom. The van der Waals surface area contributed by atoms with Crippen molar-refractivity contribution in [3.05, 3.63) is 57.6 Å². The maximum atomic E-state index is 2.78. The van der Waals surface area contributed by atoms with Gasteiger partial charge in [-0.25, -0.2) is 0 Å². The molecule has 0 heterocycles. The molecule has 346 valence electrons. The van der Waals surface area contributed by atoms with Crippen molar-refractivity contribution in [2.45, 2.75) is 284 Å². The van der Waals surface area contributed by atoms with Crippen molar-refractivity contribution in [3.8, 4) is 11.1 Å². The molecule has 0 amide bonds. The van der Waals surface area contributed by atoms with Gasteiger partial charge < -0.3 is 0 Å². The SMILES string of the molecule is CC(C)(C)c1cc(CP(C(C)(C)C)C(C)(C)C)c(CP(C(C)(C)C)C(C)(C)C)cc1-c1cc(CP(C(C)(C)C)C(C)(C)C)c(CP(C(C)(C)C)C(C)(C)C)cc1C(C)(C)C. The third kappa shape index (κ3) is 15.1. The Balaban J connectivity index is 3.43. The van der Waals surface area contributed by atoms with Gasteiger partial charge in [0.2, 0.25) is 0 Å². The lowest BCUT2D eigenvalue weighted by Gasteiger charge is -2.44. The van der Waals surface area contributed by atoms with Gasteiger partial charge in [0.05, 0.1) is 0 Å². The van der Waals surface area contributed by atoms with Gasteiger partial charge >= 0.3 is 0 Å². The van der Waals surface area contributed by atoms with E-state index in [0.29, 0.717) is 0 Å². The van der Waals surface area contributed by atoms with Crippen LogP contribution in [0.2, 0.25) is 0 Å². The Morgan fingerprint density at radius 2 is 0.400 bits per heavy atom. The molecule has 0 nitrogen and oxygen atoms in total. The fourth-order valence-corrected chi connectivity index (χ4v) is 24.6. The van der Waals surface area contributed by atoms with Crippen LogP contribution in [0.25, 0.3) is 11.1 Å². The van der Waals surface area contributed by atoms with Crippen molar-refractivity contribution in [1.82, 2.24) is 0 Å². The lowest BCUT2D eigenvalue weighted by molar-refractivity contribution is 0.583. The zero-order valence-corrected chi connectivity index (χ0v) is 49.5. The van der Waals surface area contributed by atoms with Crippen molar-refractivity contribution >= 4 is 31.7 Å². The molecule has 0 atom stereocenters. The van der Waals surface area contributed by atoms with Crippen molar-refractivity contribution < 1.29 is 0 Å². The zero-order chi connectivity index (χ0) is 47.6. The van der Waals surface area contributed by atoms with Crippen LogP contribution >= 0.6 is 31.7 Å². The topological polar surface area (TPSA) is 0 Å². The van der Waals surface area contributed by atoms with E-state index in [1.807, 2.05) is 0 Å². The first kappa shape index (κ1) is 56.3. The number of rotatable bonds is 9. The highest BCUT2D eigenvalue weighted by molar-refractivity contribution is 7.61. The molecule has 0 aliphatic carbocycles. The van der Waals surface area contributed by atoms with Crippen molar-refractivity contribution in [3.63, 3.8) is 0 Å². The van der Waals surface area contributed by atoms with Gasteiger partial charge in [0.15, 0.2) is 0 Å². The Hall–Kier alpha value is 0.160. The summed E-state index contributed by atoms with van der Waals surface area (Å²) in [4.78, 5) is 0. The monoisotopic (exact) mass is 899 g/mol. The van der Waals surface area contributed by atoms with Gasteiger partial charge in [0.25, 0.3) is 0 Å². The average Bonchev–Trinajstić information content (AvgIpc) is 2.94. The van der Waals surface area contributed by atoms with E-state index in [9.17, 15) is 0 Å². The molecule has 0 aliphatic heterocycles. The van der Waals surface area contributed by atoms with Crippen LogP contribution in [-0.4, -0.2) is 41.2 Å². The van der Waals surface area contributed by atoms with Gasteiger partial charge in [-0.2, -0.15) is 0 Å². The second-order valence-corrected chi connectivity index (χ2v) is 44.0. The van der Waals surface area contributed by atoms with E-state index in [1.54, 1.807) is 22.3 Å². The highest BCUT2D eigenvalue weighted by atomic mass is 31.1. The van der Waals surface area contributed by atoms with E-state index in [-0.39, 0.29) is 83.8 Å². The normalized spacial score (nSPS) is 15.0. The largest absolute Gasteiger partial charge is 0.0911 e. The first-order valence-corrected chi connectivity index (χ1v) is 29.6. The van der Waals surface area contributed by atoms with Crippen LogP contribution in [-0.2, 0) is 35.5 Å². The molecule has 0 aromatic heterocycles. The van der Waals surface area contributed by atoms with Crippen molar-refractivity contribution in [2.24, 2.45) is 0 Å². The average molecular weight is 899 g/mol. The van der Waals surface area contributed by atoms with Crippen LogP contribution in [0, 0.1) is 0 Å². The molecule has 0 N–H and O–H groups in total. The summed E-state index contributed by atoms with van der Waals surface area (Å²) < 4.78 is 0. The zero-order valence-electron chi connectivity index (χ0n) is 45.9. The third-order valence-corrected chi connectivity index (χ3v) is 28.0. The fraction of sp³-hybridized carbons (Fsp3) is 0.786. The number of benzene rings is 2. The molecule has 60 heavy (non-hydrogen) atoms. The standard InChI is InChI=1S/C56H102P4/c1-47(2,3)45-33-41(37-59(53(19,20)21)54(22,23)24)39(35-57(49(7,8)9)50(10,11)12)31-43(45)44-32-40(36-58(51(13,14)15)52(16,17)18)42(34-46(44)48(4,5)6)38-60(55(25,26)27)56(28,29)30/h31-34H,35-38H2,1-30H3. The summed E-state index contributed by atoms with van der Waals surface area (Å²) in [5, 5.41) is 2.00. The fourth-order valence-electron chi connectivity index (χ4n) is 10.3. The van der Waals surface area contributed by atoms with E-state index in [2.05, 4.69) is 232 Å². The summed E-state index contributed by atoms with van der Waals surface area (Å²) in [5.41, 5.74) is 12.5. The minimum atomic E-state index is -0.335. The van der Waals surface area contributed by atoms with Crippen LogP contribution in [0.3, 0.4) is 0 Å². The van der Waals surface area contributed by atoms with Crippen LogP contribution in [0.5, 0.6) is 0 Å². The van der Waals surface area contributed by atoms with E-state index in [1.165, 1.54) is 46.9 Å². The van der Waals surface area contributed by atoms with Gasteiger partial charge in [-0.1, -0.05) is 264 Å². The summed E-state index contributed by atoms with van der Waals surface area (Å²) >= 11 is 0.